The van der Waals surface area contributed by atoms with Crippen LogP contribution in [-0.2, 0) is 26.1 Å². The molecule has 0 aromatic heterocycles. The van der Waals surface area contributed by atoms with Crippen LogP contribution in [0.15, 0.2) is 58.4 Å². The van der Waals surface area contributed by atoms with Crippen molar-refractivity contribution in [3.05, 3.63) is 59.7 Å². The molecule has 0 radical (unpaired) electrons. The average Bonchev–Trinajstić information content (AvgIpc) is 3.39. The van der Waals surface area contributed by atoms with E-state index in [1.807, 2.05) is 24.3 Å². The summed E-state index contributed by atoms with van der Waals surface area (Å²) < 4.78 is 38.3. The monoisotopic (exact) mass is 457 g/mol. The number of carbonyl (C=O) groups excluding carboxylic acids is 1. The highest BCUT2D eigenvalue weighted by atomic mass is 32.2. The highest BCUT2D eigenvalue weighted by Gasteiger charge is 2.32. The van der Waals surface area contributed by atoms with E-state index in [2.05, 4.69) is 9.71 Å². The maximum absolute atomic E-state index is 13.4. The first-order chi connectivity index (χ1) is 15.4. The minimum Gasteiger partial charge on any atom is -0.497 e. The van der Waals surface area contributed by atoms with E-state index in [0.29, 0.717) is 25.3 Å². The Morgan fingerprint density at radius 1 is 1.28 bits per heavy atom. The van der Waals surface area contributed by atoms with E-state index < -0.39 is 16.1 Å². The molecule has 2 atom stereocenters. The number of methoxy groups -OCH3 is 1. The second kappa shape index (κ2) is 9.30. The van der Waals surface area contributed by atoms with Crippen LogP contribution in [0.25, 0.3) is 0 Å². The lowest BCUT2D eigenvalue weighted by atomic mass is 10.1. The summed E-state index contributed by atoms with van der Waals surface area (Å²) in [6.45, 7) is 3.21. The van der Waals surface area contributed by atoms with Crippen LogP contribution in [0.4, 0.5) is 0 Å². The molecule has 0 aliphatic carbocycles. The van der Waals surface area contributed by atoms with Gasteiger partial charge in [0.25, 0.3) is 10.0 Å². The molecule has 9 heteroatoms. The first-order valence-corrected chi connectivity index (χ1v) is 12.1. The van der Waals surface area contributed by atoms with Crippen LogP contribution >= 0.6 is 0 Å². The number of hydrogen-bond donors (Lipinski definition) is 1. The summed E-state index contributed by atoms with van der Waals surface area (Å²) in [7, 11) is -2.06. The van der Waals surface area contributed by atoms with Gasteiger partial charge in [0.1, 0.15) is 17.6 Å². The summed E-state index contributed by atoms with van der Waals surface area (Å²) >= 11 is 0. The molecule has 1 saturated heterocycles. The van der Waals surface area contributed by atoms with Crippen molar-refractivity contribution in [2.24, 2.45) is 4.99 Å². The Morgan fingerprint density at radius 3 is 2.84 bits per heavy atom. The quantitative estimate of drug-likeness (QED) is 0.688. The van der Waals surface area contributed by atoms with Crippen molar-refractivity contribution in [2.75, 3.05) is 20.3 Å². The fourth-order valence-electron chi connectivity index (χ4n) is 4.00. The van der Waals surface area contributed by atoms with Crippen LogP contribution in [0.2, 0.25) is 0 Å². The molecule has 32 heavy (non-hydrogen) atoms. The number of carbonyl (C=O) groups is 1. The number of fused-ring (bicyclic) bond motifs is 1. The average molecular weight is 458 g/mol. The molecule has 1 unspecified atom stereocenters. The van der Waals surface area contributed by atoms with E-state index in [0.717, 1.165) is 24.2 Å². The van der Waals surface area contributed by atoms with Crippen LogP contribution in [-0.4, -0.2) is 57.5 Å². The standard InChI is InChI=1S/C23H27N3O5S/c1-16(24-22-20-10-3-4-11-21(20)32(28,29)25-22)23(27)26(15-19-9-6-12-31-19)14-17-7-5-8-18(13-17)30-2/h3-5,7-8,10-11,13,16,19H,6,9,12,14-15H2,1-2H3,(H,24,25)/t16-,19?/m0/s1. The summed E-state index contributed by atoms with van der Waals surface area (Å²) in [4.78, 5) is 19.8. The van der Waals surface area contributed by atoms with Crippen molar-refractivity contribution in [3.63, 3.8) is 0 Å². The number of hydrogen-bond acceptors (Lipinski definition) is 6. The lowest BCUT2D eigenvalue weighted by molar-refractivity contribution is -0.134. The van der Waals surface area contributed by atoms with Gasteiger partial charge in [0, 0.05) is 25.3 Å². The Balaban J connectivity index is 1.58. The molecular formula is C23H27N3O5S. The van der Waals surface area contributed by atoms with Gasteiger partial charge in [-0.25, -0.2) is 8.42 Å². The van der Waals surface area contributed by atoms with Gasteiger partial charge < -0.3 is 14.4 Å². The molecule has 2 heterocycles. The van der Waals surface area contributed by atoms with Gasteiger partial charge in [-0.15, -0.1) is 0 Å². The Morgan fingerprint density at radius 2 is 2.09 bits per heavy atom. The predicted molar refractivity (Wildman–Crippen MR) is 120 cm³/mol. The Hall–Kier alpha value is -2.91. The zero-order chi connectivity index (χ0) is 22.7. The first kappa shape index (κ1) is 22.3. The Bertz CT molecular complexity index is 1130. The maximum atomic E-state index is 13.4. The van der Waals surface area contributed by atoms with E-state index >= 15 is 0 Å². The van der Waals surface area contributed by atoms with Crippen molar-refractivity contribution in [2.45, 2.75) is 43.4 Å². The molecular weight excluding hydrogens is 430 g/mol. The molecule has 2 aromatic carbocycles. The number of sulfonamides is 1. The van der Waals surface area contributed by atoms with Gasteiger partial charge in [-0.2, -0.15) is 0 Å². The summed E-state index contributed by atoms with van der Waals surface area (Å²) in [6, 6.07) is 13.4. The smallest absolute Gasteiger partial charge is 0.263 e. The maximum Gasteiger partial charge on any atom is 0.263 e. The van der Waals surface area contributed by atoms with E-state index in [-0.39, 0.29) is 22.7 Å². The molecule has 1 N–H and O–H groups in total. The van der Waals surface area contributed by atoms with E-state index in [1.54, 1.807) is 37.1 Å². The largest absolute Gasteiger partial charge is 0.497 e. The van der Waals surface area contributed by atoms with Crippen LogP contribution in [0.3, 0.4) is 0 Å². The minimum absolute atomic E-state index is 0.0184. The van der Waals surface area contributed by atoms with Crippen LogP contribution in [0.1, 0.15) is 30.9 Å². The third-order valence-corrected chi connectivity index (χ3v) is 7.01. The molecule has 1 amide bonds. The second-order valence-electron chi connectivity index (χ2n) is 7.96. The van der Waals surface area contributed by atoms with E-state index in [1.165, 1.54) is 6.07 Å². The Kier molecular flexibility index (Phi) is 6.48. The highest BCUT2D eigenvalue weighted by Crippen LogP contribution is 2.23. The molecule has 0 saturated carbocycles. The second-order valence-corrected chi connectivity index (χ2v) is 9.61. The van der Waals surface area contributed by atoms with Crippen molar-refractivity contribution < 1.29 is 22.7 Å². The molecule has 4 rings (SSSR count). The zero-order valence-corrected chi connectivity index (χ0v) is 19.0. The van der Waals surface area contributed by atoms with Crippen LogP contribution in [0, 0.1) is 0 Å². The van der Waals surface area contributed by atoms with Gasteiger partial charge in [0.05, 0.1) is 18.1 Å². The summed E-state index contributed by atoms with van der Waals surface area (Å²) in [6.07, 6.45) is 1.86. The number of nitrogens with zero attached hydrogens (tertiary/aromatic N) is 2. The van der Waals surface area contributed by atoms with Crippen LogP contribution < -0.4 is 9.46 Å². The lowest BCUT2D eigenvalue weighted by Crippen LogP contribution is -2.42. The normalized spacial score (nSPS) is 21.1. The highest BCUT2D eigenvalue weighted by molar-refractivity contribution is 7.90. The molecule has 2 aliphatic heterocycles. The van der Waals surface area contributed by atoms with Crippen molar-refractivity contribution in [3.8, 4) is 5.75 Å². The summed E-state index contributed by atoms with van der Waals surface area (Å²) in [5.41, 5.74) is 1.41. The van der Waals surface area contributed by atoms with Gasteiger partial charge in [0.2, 0.25) is 5.91 Å². The molecule has 2 aliphatic rings. The number of nitrogens with one attached hydrogen (secondary N) is 1. The Labute approximate surface area is 188 Å². The molecule has 2 aromatic rings. The number of amides is 1. The van der Waals surface area contributed by atoms with E-state index in [4.69, 9.17) is 9.47 Å². The van der Waals surface area contributed by atoms with Crippen LogP contribution in [0.5, 0.6) is 5.75 Å². The number of ether oxygens (including phenoxy) is 2. The third kappa shape index (κ3) is 4.78. The summed E-state index contributed by atoms with van der Waals surface area (Å²) in [5, 5.41) is 0. The summed E-state index contributed by atoms with van der Waals surface area (Å²) in [5.74, 6) is 0.719. The van der Waals surface area contributed by atoms with Crippen molar-refractivity contribution in [1.29, 1.82) is 0 Å². The van der Waals surface area contributed by atoms with Gasteiger partial charge in [-0.1, -0.05) is 24.3 Å². The third-order valence-electron chi connectivity index (χ3n) is 5.61. The lowest BCUT2D eigenvalue weighted by Gasteiger charge is -2.27. The van der Waals surface area contributed by atoms with Gasteiger partial charge >= 0.3 is 0 Å². The fourth-order valence-corrected chi connectivity index (χ4v) is 5.24. The topological polar surface area (TPSA) is 97.3 Å². The fraction of sp³-hybridized carbons (Fsp3) is 0.391. The predicted octanol–water partition coefficient (Wildman–Crippen LogP) is 2.33. The van der Waals surface area contributed by atoms with Gasteiger partial charge in [0.15, 0.2) is 0 Å². The van der Waals surface area contributed by atoms with E-state index in [9.17, 15) is 13.2 Å². The van der Waals surface area contributed by atoms with Crippen molar-refractivity contribution in [1.82, 2.24) is 9.62 Å². The zero-order valence-electron chi connectivity index (χ0n) is 18.2. The SMILES string of the molecule is COc1cccc(CN(CC2CCCO2)C(=O)[C@H](C)N=C2NS(=O)(=O)c3ccccc32)c1. The first-order valence-electron chi connectivity index (χ1n) is 10.6. The molecule has 0 spiro atoms. The molecule has 170 valence electrons. The molecule has 1 fully saturated rings. The number of rotatable bonds is 7. The molecule has 8 nitrogen and oxygen atoms in total. The molecule has 0 bridgehead atoms. The van der Waals surface area contributed by atoms with Crippen molar-refractivity contribution >= 4 is 21.8 Å². The minimum atomic E-state index is -3.66. The van der Waals surface area contributed by atoms with Gasteiger partial charge in [-0.3, -0.25) is 14.5 Å². The number of aliphatic imine (C=N–C) groups is 1. The number of amidine groups is 1. The van der Waals surface area contributed by atoms with Gasteiger partial charge in [-0.05, 0) is 49.6 Å². The number of benzene rings is 2.